The fraction of sp³-hybridized carbons (Fsp3) is 0.250. The lowest BCUT2D eigenvalue weighted by molar-refractivity contribution is 0.234. The van der Waals surface area contributed by atoms with Crippen LogP contribution in [0, 0.1) is 20.8 Å². The second-order valence-electron chi connectivity index (χ2n) is 4.78. The molecule has 0 bridgehead atoms. The zero-order valence-electron chi connectivity index (χ0n) is 12.4. The lowest BCUT2D eigenvalue weighted by atomic mass is 10.1. The van der Waals surface area contributed by atoms with E-state index in [4.69, 9.17) is 4.74 Å². The highest BCUT2D eigenvalue weighted by Crippen LogP contribution is 2.19. The van der Waals surface area contributed by atoms with Crippen molar-refractivity contribution in [3.63, 3.8) is 0 Å². The van der Waals surface area contributed by atoms with E-state index >= 15 is 0 Å². The molecule has 1 aromatic heterocycles. The second-order valence-corrected chi connectivity index (χ2v) is 4.78. The lowest BCUT2D eigenvalue weighted by Crippen LogP contribution is -2.32. The van der Waals surface area contributed by atoms with E-state index in [0.29, 0.717) is 5.82 Å². The summed E-state index contributed by atoms with van der Waals surface area (Å²) in [5, 5.41) is 5.29. The number of aryl methyl sites for hydroxylation is 2. The molecule has 0 saturated carbocycles. The summed E-state index contributed by atoms with van der Waals surface area (Å²) >= 11 is 0. The maximum absolute atomic E-state index is 11.7. The number of rotatable bonds is 4. The zero-order chi connectivity index (χ0) is 15.2. The summed E-state index contributed by atoms with van der Waals surface area (Å²) in [5.41, 5.74) is 3.07. The van der Waals surface area contributed by atoms with Gasteiger partial charge in [-0.25, -0.2) is 9.78 Å². The zero-order valence-corrected chi connectivity index (χ0v) is 12.4. The van der Waals surface area contributed by atoms with Crippen LogP contribution in [0.25, 0.3) is 0 Å². The maximum atomic E-state index is 11.7. The minimum Gasteiger partial charge on any atom is -0.473 e. The predicted molar refractivity (Wildman–Crippen MR) is 82.5 cm³/mol. The normalized spacial score (nSPS) is 10.0. The number of benzene rings is 1. The number of anilines is 1. The number of urea groups is 1. The number of pyridine rings is 1. The van der Waals surface area contributed by atoms with Crippen molar-refractivity contribution in [3.8, 4) is 5.75 Å². The highest BCUT2D eigenvalue weighted by molar-refractivity contribution is 5.88. The Morgan fingerprint density at radius 3 is 2.67 bits per heavy atom. The summed E-state index contributed by atoms with van der Waals surface area (Å²) in [5.74, 6) is 1.28. The molecule has 1 heterocycles. The molecule has 1 aromatic carbocycles. The molecule has 5 heteroatoms. The summed E-state index contributed by atoms with van der Waals surface area (Å²) < 4.78 is 5.56. The van der Waals surface area contributed by atoms with Gasteiger partial charge in [-0.2, -0.15) is 0 Å². The van der Waals surface area contributed by atoms with Crippen LogP contribution in [0.1, 0.15) is 16.8 Å². The molecule has 0 radical (unpaired) electrons. The quantitative estimate of drug-likeness (QED) is 0.848. The number of ether oxygens (including phenoxy) is 1. The van der Waals surface area contributed by atoms with E-state index in [9.17, 15) is 4.79 Å². The van der Waals surface area contributed by atoms with E-state index < -0.39 is 0 Å². The smallest absolute Gasteiger partial charge is 0.323 e. The van der Waals surface area contributed by atoms with Crippen molar-refractivity contribution in [2.24, 2.45) is 0 Å². The molecule has 0 unspecified atom stereocenters. The van der Waals surface area contributed by atoms with E-state index in [-0.39, 0.29) is 12.8 Å². The molecule has 110 valence electrons. The van der Waals surface area contributed by atoms with Gasteiger partial charge >= 0.3 is 6.03 Å². The first kappa shape index (κ1) is 14.8. The number of aromatic nitrogens is 1. The second kappa shape index (κ2) is 6.74. The van der Waals surface area contributed by atoms with Crippen LogP contribution in [0.5, 0.6) is 5.75 Å². The Morgan fingerprint density at radius 1 is 1.14 bits per heavy atom. The molecule has 2 N–H and O–H groups in total. The van der Waals surface area contributed by atoms with E-state index in [1.807, 2.05) is 51.1 Å². The van der Waals surface area contributed by atoms with Crippen molar-refractivity contribution >= 4 is 11.8 Å². The lowest BCUT2D eigenvalue weighted by Gasteiger charge is -2.12. The number of hydrogen-bond donors (Lipinski definition) is 2. The van der Waals surface area contributed by atoms with Gasteiger partial charge in [0.15, 0.2) is 6.73 Å². The van der Waals surface area contributed by atoms with Crippen molar-refractivity contribution in [2.75, 3.05) is 12.0 Å². The van der Waals surface area contributed by atoms with Gasteiger partial charge < -0.3 is 10.1 Å². The molecule has 2 amide bonds. The SMILES string of the molecule is Cc1cccc(NC(=O)NCOc2cccc(C)c2C)n1. The Hall–Kier alpha value is -2.56. The molecule has 0 atom stereocenters. The van der Waals surface area contributed by atoms with Crippen LogP contribution in [-0.2, 0) is 0 Å². The number of nitrogens with zero attached hydrogens (tertiary/aromatic N) is 1. The van der Waals surface area contributed by atoms with Gasteiger partial charge in [-0.15, -0.1) is 0 Å². The van der Waals surface area contributed by atoms with Gasteiger partial charge in [0.2, 0.25) is 0 Å². The van der Waals surface area contributed by atoms with Crippen LogP contribution in [0.3, 0.4) is 0 Å². The van der Waals surface area contributed by atoms with Gasteiger partial charge in [0.25, 0.3) is 0 Å². The molecule has 0 spiro atoms. The van der Waals surface area contributed by atoms with Gasteiger partial charge in [0.05, 0.1) is 0 Å². The molecule has 2 rings (SSSR count). The van der Waals surface area contributed by atoms with E-state index in [2.05, 4.69) is 15.6 Å². The molecular weight excluding hydrogens is 266 g/mol. The third-order valence-electron chi connectivity index (χ3n) is 3.15. The minimum atomic E-state index is -0.349. The van der Waals surface area contributed by atoms with Crippen LogP contribution in [0.2, 0.25) is 0 Å². The Labute approximate surface area is 124 Å². The Kier molecular flexibility index (Phi) is 4.77. The predicted octanol–water partition coefficient (Wildman–Crippen LogP) is 3.16. The van der Waals surface area contributed by atoms with Gasteiger partial charge in [0.1, 0.15) is 11.6 Å². The topological polar surface area (TPSA) is 63.2 Å². The van der Waals surface area contributed by atoms with Crippen molar-refractivity contribution in [2.45, 2.75) is 20.8 Å². The van der Waals surface area contributed by atoms with Crippen molar-refractivity contribution < 1.29 is 9.53 Å². The first-order valence-electron chi connectivity index (χ1n) is 6.74. The third kappa shape index (κ3) is 4.21. The van der Waals surface area contributed by atoms with E-state index in [1.54, 1.807) is 6.07 Å². The first-order chi connectivity index (χ1) is 10.1. The number of nitrogens with one attached hydrogen (secondary N) is 2. The number of carbonyl (C=O) groups is 1. The van der Waals surface area contributed by atoms with E-state index in [1.165, 1.54) is 0 Å². The number of hydrogen-bond acceptors (Lipinski definition) is 3. The standard InChI is InChI=1S/C16H19N3O2/c1-11-6-4-8-14(13(11)3)21-10-17-16(20)19-15-9-5-7-12(2)18-15/h4-9H,10H2,1-3H3,(H2,17,18,19,20). The molecule has 0 aliphatic rings. The third-order valence-corrected chi connectivity index (χ3v) is 3.15. The van der Waals surface area contributed by atoms with E-state index in [0.717, 1.165) is 22.6 Å². The number of amides is 2. The summed E-state index contributed by atoms with van der Waals surface area (Å²) in [6, 6.07) is 10.9. The molecule has 21 heavy (non-hydrogen) atoms. The van der Waals surface area contributed by atoms with Gasteiger partial charge in [-0.3, -0.25) is 5.32 Å². The van der Waals surface area contributed by atoms with Crippen LogP contribution in [0.15, 0.2) is 36.4 Å². The summed E-state index contributed by atoms with van der Waals surface area (Å²) in [7, 11) is 0. The van der Waals surface area contributed by atoms with Gasteiger partial charge in [-0.05, 0) is 50.1 Å². The van der Waals surface area contributed by atoms with Crippen molar-refractivity contribution in [3.05, 3.63) is 53.2 Å². The van der Waals surface area contributed by atoms with Gasteiger partial charge in [0, 0.05) is 5.69 Å². The van der Waals surface area contributed by atoms with Crippen LogP contribution >= 0.6 is 0 Å². The molecule has 0 saturated heterocycles. The average molecular weight is 285 g/mol. The molecular formula is C16H19N3O2. The van der Waals surface area contributed by atoms with Crippen molar-refractivity contribution in [1.82, 2.24) is 10.3 Å². The Morgan fingerprint density at radius 2 is 1.90 bits per heavy atom. The minimum absolute atomic E-state index is 0.0991. The molecule has 0 aliphatic heterocycles. The molecule has 5 nitrogen and oxygen atoms in total. The highest BCUT2D eigenvalue weighted by atomic mass is 16.5. The summed E-state index contributed by atoms with van der Waals surface area (Å²) in [6.07, 6.45) is 0. The highest BCUT2D eigenvalue weighted by Gasteiger charge is 2.04. The van der Waals surface area contributed by atoms with Gasteiger partial charge in [-0.1, -0.05) is 18.2 Å². The fourth-order valence-electron chi connectivity index (χ4n) is 1.83. The number of carbonyl (C=O) groups excluding carboxylic acids is 1. The molecule has 0 fully saturated rings. The Bertz CT molecular complexity index is 641. The molecule has 2 aromatic rings. The Balaban J connectivity index is 1.83. The maximum Gasteiger partial charge on any atom is 0.323 e. The van der Waals surface area contributed by atoms with Crippen LogP contribution < -0.4 is 15.4 Å². The fourth-order valence-corrected chi connectivity index (χ4v) is 1.83. The summed E-state index contributed by atoms with van der Waals surface area (Å²) in [4.78, 5) is 15.9. The van der Waals surface area contributed by atoms with Crippen LogP contribution in [0.4, 0.5) is 10.6 Å². The van der Waals surface area contributed by atoms with Crippen molar-refractivity contribution in [1.29, 1.82) is 0 Å². The van der Waals surface area contributed by atoms with Crippen LogP contribution in [-0.4, -0.2) is 17.7 Å². The monoisotopic (exact) mass is 285 g/mol. The average Bonchev–Trinajstić information content (AvgIpc) is 2.43. The largest absolute Gasteiger partial charge is 0.473 e. The summed E-state index contributed by atoms with van der Waals surface area (Å²) in [6.45, 7) is 5.97. The molecule has 0 aliphatic carbocycles. The first-order valence-corrected chi connectivity index (χ1v) is 6.74.